The van der Waals surface area contributed by atoms with Crippen LogP contribution in [0.3, 0.4) is 0 Å². The van der Waals surface area contributed by atoms with Crippen molar-refractivity contribution in [3.05, 3.63) is 48.2 Å². The molecule has 0 aliphatic carbocycles. The van der Waals surface area contributed by atoms with Crippen LogP contribution in [0.5, 0.6) is 0 Å². The number of benzene rings is 1. The van der Waals surface area contributed by atoms with Gasteiger partial charge in [-0.1, -0.05) is 44.0 Å². The summed E-state index contributed by atoms with van der Waals surface area (Å²) >= 11 is 0. The molecule has 30 heavy (non-hydrogen) atoms. The van der Waals surface area contributed by atoms with Gasteiger partial charge < -0.3 is 15.2 Å². The van der Waals surface area contributed by atoms with E-state index in [1.165, 1.54) is 0 Å². The fourth-order valence-corrected chi connectivity index (χ4v) is 3.04. The molecule has 1 aromatic heterocycles. The molecule has 0 aliphatic heterocycles. The van der Waals surface area contributed by atoms with Crippen LogP contribution in [0.2, 0.25) is 0 Å². The number of ether oxygens (including phenoxy) is 1. The number of carboxylic acid groups (broad SMARTS) is 1. The quantitative estimate of drug-likeness (QED) is 0.541. The van der Waals surface area contributed by atoms with Gasteiger partial charge in [-0.25, -0.2) is 9.59 Å². The summed E-state index contributed by atoms with van der Waals surface area (Å²) in [7, 11) is 1.73. The Kier molecular flexibility index (Phi) is 9.28. The Morgan fingerprint density at radius 1 is 1.17 bits per heavy atom. The molecule has 1 aromatic carbocycles. The van der Waals surface area contributed by atoms with E-state index >= 15 is 0 Å². The maximum absolute atomic E-state index is 12.3. The molecule has 0 radical (unpaired) electrons. The summed E-state index contributed by atoms with van der Waals surface area (Å²) in [5, 5.41) is 12.2. The lowest BCUT2D eigenvalue weighted by molar-refractivity contribution is -0.149. The van der Waals surface area contributed by atoms with Gasteiger partial charge in [-0.3, -0.25) is 9.88 Å². The normalized spacial score (nSPS) is 11.7. The second-order valence-electron chi connectivity index (χ2n) is 7.08. The highest BCUT2D eigenvalue weighted by molar-refractivity contribution is 5.91. The molecule has 2 rings (SSSR count). The van der Waals surface area contributed by atoms with Gasteiger partial charge in [0, 0.05) is 44.1 Å². The van der Waals surface area contributed by atoms with Crippen molar-refractivity contribution in [3.8, 4) is 11.3 Å². The molecular formula is C23H31N3O4. The van der Waals surface area contributed by atoms with Gasteiger partial charge >= 0.3 is 12.0 Å². The predicted octanol–water partition coefficient (Wildman–Crippen LogP) is 4.12. The van der Waals surface area contributed by atoms with E-state index in [1.54, 1.807) is 31.1 Å². The van der Waals surface area contributed by atoms with Crippen LogP contribution in [-0.4, -0.2) is 48.4 Å². The number of urea groups is 1. The van der Waals surface area contributed by atoms with Gasteiger partial charge in [-0.05, 0) is 31.0 Å². The Morgan fingerprint density at radius 2 is 1.90 bits per heavy atom. The summed E-state index contributed by atoms with van der Waals surface area (Å²) in [6.07, 6.45) is 4.30. The van der Waals surface area contributed by atoms with Crippen molar-refractivity contribution in [1.29, 1.82) is 0 Å². The van der Waals surface area contributed by atoms with Crippen molar-refractivity contribution in [2.45, 2.75) is 45.6 Å². The monoisotopic (exact) mass is 413 g/mol. The zero-order valence-corrected chi connectivity index (χ0v) is 17.9. The van der Waals surface area contributed by atoms with Crippen molar-refractivity contribution in [2.24, 2.45) is 0 Å². The molecule has 2 amide bonds. The van der Waals surface area contributed by atoms with Crippen molar-refractivity contribution in [1.82, 2.24) is 10.3 Å². The molecule has 1 heterocycles. The Bertz CT molecular complexity index is 823. The number of rotatable bonds is 11. The number of aromatic nitrogens is 1. The zero-order valence-electron chi connectivity index (χ0n) is 17.9. The molecule has 7 heteroatoms. The van der Waals surface area contributed by atoms with E-state index < -0.39 is 12.1 Å². The number of hydrogen-bond acceptors (Lipinski definition) is 4. The van der Waals surface area contributed by atoms with E-state index in [0.717, 1.165) is 41.8 Å². The molecule has 0 fully saturated rings. The maximum atomic E-state index is 12.3. The molecule has 1 atom stereocenters. The third-order valence-corrected chi connectivity index (χ3v) is 4.81. The van der Waals surface area contributed by atoms with Crippen molar-refractivity contribution < 1.29 is 19.4 Å². The lowest BCUT2D eigenvalue weighted by Crippen LogP contribution is -2.37. The molecule has 0 saturated heterocycles. The summed E-state index contributed by atoms with van der Waals surface area (Å²) in [6, 6.07) is 11.1. The number of unbranched alkanes of at least 4 members (excludes halogenated alkanes) is 2. The summed E-state index contributed by atoms with van der Waals surface area (Å²) in [6.45, 7) is 4.92. The molecule has 2 N–H and O–H groups in total. The number of carboxylic acids is 1. The van der Waals surface area contributed by atoms with Gasteiger partial charge in [0.1, 0.15) is 0 Å². The number of hydrogen-bond donors (Lipinski definition) is 2. The smallest absolute Gasteiger partial charge is 0.333 e. The van der Waals surface area contributed by atoms with Gasteiger partial charge in [0.25, 0.3) is 0 Å². The first-order valence-electron chi connectivity index (χ1n) is 10.4. The average molecular weight is 414 g/mol. The van der Waals surface area contributed by atoms with Gasteiger partial charge in [-0.2, -0.15) is 0 Å². The van der Waals surface area contributed by atoms with Gasteiger partial charge in [0.2, 0.25) is 0 Å². The Morgan fingerprint density at radius 3 is 2.53 bits per heavy atom. The third kappa shape index (κ3) is 6.84. The molecule has 162 valence electrons. The summed E-state index contributed by atoms with van der Waals surface area (Å²) in [5.74, 6) is -0.966. The number of pyridine rings is 1. The van der Waals surface area contributed by atoms with Crippen LogP contribution in [0.25, 0.3) is 11.3 Å². The first kappa shape index (κ1) is 23.3. The molecule has 7 nitrogen and oxygen atoms in total. The fourth-order valence-electron chi connectivity index (χ4n) is 3.04. The Labute approximate surface area is 178 Å². The number of anilines is 1. The van der Waals surface area contributed by atoms with E-state index in [1.807, 2.05) is 30.3 Å². The van der Waals surface area contributed by atoms with E-state index in [-0.39, 0.29) is 6.03 Å². The topological polar surface area (TPSA) is 91.8 Å². The lowest BCUT2D eigenvalue weighted by Gasteiger charge is -2.18. The van der Waals surface area contributed by atoms with E-state index in [2.05, 4.69) is 17.2 Å². The number of carbonyl (C=O) groups is 2. The highest BCUT2D eigenvalue weighted by Crippen LogP contribution is 2.23. The van der Waals surface area contributed by atoms with Gasteiger partial charge in [0.15, 0.2) is 6.10 Å². The van der Waals surface area contributed by atoms with Gasteiger partial charge in [-0.15, -0.1) is 0 Å². The fraction of sp³-hybridized carbons (Fsp3) is 0.435. The van der Waals surface area contributed by atoms with E-state index in [9.17, 15) is 14.7 Å². The highest BCUT2D eigenvalue weighted by atomic mass is 16.5. The predicted molar refractivity (Wildman–Crippen MR) is 118 cm³/mol. The Hall–Kier alpha value is -2.93. The standard InChI is InChI=1S/C23H31N3O4/c1-4-6-7-13-25-23(29)26(3)19-12-14-24-20(16-19)18-10-8-17(9-11-18)15-21(22(27)28)30-5-2/h8-12,14,16,21H,4-7,13,15H2,1-3H3,(H,25,29)(H,27,28). The van der Waals surface area contributed by atoms with E-state index in [4.69, 9.17) is 4.74 Å². The van der Waals surface area contributed by atoms with Crippen LogP contribution < -0.4 is 10.2 Å². The van der Waals surface area contributed by atoms with Crippen molar-refractivity contribution in [2.75, 3.05) is 25.1 Å². The van der Waals surface area contributed by atoms with Crippen LogP contribution in [0.1, 0.15) is 38.7 Å². The summed E-state index contributed by atoms with van der Waals surface area (Å²) in [5.41, 5.74) is 3.25. The number of nitrogens with one attached hydrogen (secondary N) is 1. The van der Waals surface area contributed by atoms with Crippen LogP contribution >= 0.6 is 0 Å². The molecule has 0 aliphatic rings. The van der Waals surface area contributed by atoms with Gasteiger partial charge in [0.05, 0.1) is 5.69 Å². The molecule has 0 bridgehead atoms. The minimum absolute atomic E-state index is 0.144. The van der Waals surface area contributed by atoms with Crippen LogP contribution in [0.4, 0.5) is 10.5 Å². The zero-order chi connectivity index (χ0) is 21.9. The minimum atomic E-state index is -0.966. The largest absolute Gasteiger partial charge is 0.479 e. The highest BCUT2D eigenvalue weighted by Gasteiger charge is 2.18. The Balaban J connectivity index is 2.06. The van der Waals surface area contributed by atoms with Crippen LogP contribution in [0, 0.1) is 0 Å². The summed E-state index contributed by atoms with van der Waals surface area (Å²) in [4.78, 5) is 29.6. The first-order chi connectivity index (χ1) is 14.5. The average Bonchev–Trinajstić information content (AvgIpc) is 2.76. The lowest BCUT2D eigenvalue weighted by atomic mass is 10.0. The van der Waals surface area contributed by atoms with Crippen molar-refractivity contribution >= 4 is 17.7 Å². The maximum Gasteiger partial charge on any atom is 0.333 e. The number of amides is 2. The van der Waals surface area contributed by atoms with Crippen molar-refractivity contribution in [3.63, 3.8) is 0 Å². The SMILES string of the molecule is CCCCCNC(=O)N(C)c1ccnc(-c2ccc(CC(OCC)C(=O)O)cc2)c1. The van der Waals surface area contributed by atoms with Crippen LogP contribution in [0.15, 0.2) is 42.6 Å². The molecule has 2 aromatic rings. The second kappa shape index (κ2) is 11.9. The number of carbonyl (C=O) groups excluding carboxylic acids is 1. The minimum Gasteiger partial charge on any atom is -0.479 e. The second-order valence-corrected chi connectivity index (χ2v) is 7.08. The molecule has 1 unspecified atom stereocenters. The first-order valence-corrected chi connectivity index (χ1v) is 10.4. The van der Waals surface area contributed by atoms with E-state index in [0.29, 0.717) is 19.6 Å². The number of nitrogens with zero attached hydrogens (tertiary/aromatic N) is 2. The molecular weight excluding hydrogens is 382 g/mol. The third-order valence-electron chi connectivity index (χ3n) is 4.81. The molecule has 0 spiro atoms. The summed E-state index contributed by atoms with van der Waals surface area (Å²) < 4.78 is 5.27. The number of aliphatic carboxylic acids is 1. The van der Waals surface area contributed by atoms with Crippen LogP contribution in [-0.2, 0) is 16.0 Å². The molecule has 0 saturated carbocycles.